The van der Waals surface area contributed by atoms with E-state index in [2.05, 4.69) is 15.3 Å². The molecule has 0 saturated carbocycles. The van der Waals surface area contributed by atoms with Crippen molar-refractivity contribution in [3.63, 3.8) is 0 Å². The van der Waals surface area contributed by atoms with E-state index < -0.39 is 11.7 Å². The minimum absolute atomic E-state index is 0.403. The highest BCUT2D eigenvalue weighted by atomic mass is 16.6. The highest BCUT2D eigenvalue weighted by Gasteiger charge is 2.15. The van der Waals surface area contributed by atoms with Gasteiger partial charge in [-0.2, -0.15) is 0 Å². The first kappa shape index (κ1) is 18.6. The average Bonchev–Trinajstić information content (AvgIpc) is 2.54. The van der Waals surface area contributed by atoms with Crippen LogP contribution in [0.5, 0.6) is 0 Å². The van der Waals surface area contributed by atoms with Crippen LogP contribution in [0, 0.1) is 0 Å². The Morgan fingerprint density at radius 1 is 1.04 bits per heavy atom. The SMILES string of the molecule is CC(C)(C)OC(=O)NCc1ccncc1.NCc1ccncc1. The van der Waals surface area contributed by atoms with Crippen LogP contribution in [0.2, 0.25) is 0 Å². The smallest absolute Gasteiger partial charge is 0.407 e. The van der Waals surface area contributed by atoms with Gasteiger partial charge < -0.3 is 15.8 Å². The maximum absolute atomic E-state index is 11.3. The molecule has 6 nitrogen and oxygen atoms in total. The van der Waals surface area contributed by atoms with Crippen molar-refractivity contribution in [2.45, 2.75) is 39.5 Å². The molecule has 0 saturated heterocycles. The number of hydrogen-bond acceptors (Lipinski definition) is 5. The monoisotopic (exact) mass is 316 g/mol. The molecule has 2 aromatic rings. The molecule has 0 radical (unpaired) electrons. The Hall–Kier alpha value is -2.47. The van der Waals surface area contributed by atoms with Crippen LogP contribution in [0.25, 0.3) is 0 Å². The Morgan fingerprint density at radius 3 is 1.91 bits per heavy atom. The number of carbonyl (C=O) groups excluding carboxylic acids is 1. The lowest BCUT2D eigenvalue weighted by Gasteiger charge is -2.19. The Kier molecular flexibility index (Phi) is 7.70. The molecule has 0 aliphatic carbocycles. The predicted molar refractivity (Wildman–Crippen MR) is 89.4 cm³/mol. The van der Waals surface area contributed by atoms with E-state index in [1.807, 2.05) is 45.0 Å². The van der Waals surface area contributed by atoms with Crippen molar-refractivity contribution in [1.82, 2.24) is 15.3 Å². The Morgan fingerprint density at radius 2 is 1.52 bits per heavy atom. The standard InChI is InChI=1S/C11H16N2O2.C6H8N2/c1-11(2,3)15-10(14)13-8-9-4-6-12-7-5-9;7-5-6-1-3-8-4-2-6/h4-7H,8H2,1-3H3,(H,13,14);1-4H,5,7H2. The molecule has 2 rings (SSSR count). The van der Waals surface area contributed by atoms with Crippen molar-refractivity contribution in [2.75, 3.05) is 0 Å². The number of ether oxygens (including phenoxy) is 1. The van der Waals surface area contributed by atoms with Gasteiger partial charge >= 0.3 is 6.09 Å². The molecule has 6 heteroatoms. The number of hydrogen-bond donors (Lipinski definition) is 2. The normalized spacial score (nSPS) is 10.3. The van der Waals surface area contributed by atoms with Gasteiger partial charge in [-0.25, -0.2) is 4.79 Å². The topological polar surface area (TPSA) is 90.1 Å². The minimum atomic E-state index is -0.456. The van der Waals surface area contributed by atoms with Gasteiger partial charge in [-0.3, -0.25) is 9.97 Å². The molecule has 0 aromatic carbocycles. The molecular weight excluding hydrogens is 292 g/mol. The maximum atomic E-state index is 11.3. The molecule has 3 N–H and O–H groups in total. The van der Waals surface area contributed by atoms with Gasteiger partial charge in [0.2, 0.25) is 0 Å². The Bertz CT molecular complexity index is 568. The van der Waals surface area contributed by atoms with Crippen LogP contribution in [0.3, 0.4) is 0 Å². The van der Waals surface area contributed by atoms with Gasteiger partial charge in [0.25, 0.3) is 0 Å². The summed E-state index contributed by atoms with van der Waals surface area (Å²) in [4.78, 5) is 19.0. The number of amides is 1. The number of alkyl carbamates (subject to hydrolysis) is 1. The summed E-state index contributed by atoms with van der Waals surface area (Å²) in [5, 5.41) is 2.67. The van der Waals surface area contributed by atoms with E-state index in [1.54, 1.807) is 24.8 Å². The van der Waals surface area contributed by atoms with Crippen LogP contribution in [0.4, 0.5) is 4.79 Å². The van der Waals surface area contributed by atoms with Crippen LogP contribution in [0.15, 0.2) is 49.1 Å². The van der Waals surface area contributed by atoms with E-state index >= 15 is 0 Å². The van der Waals surface area contributed by atoms with Crippen molar-refractivity contribution in [3.8, 4) is 0 Å². The van der Waals surface area contributed by atoms with E-state index in [0.29, 0.717) is 13.1 Å². The van der Waals surface area contributed by atoms with Crippen molar-refractivity contribution in [3.05, 3.63) is 60.2 Å². The molecule has 0 unspecified atom stereocenters. The third-order valence-electron chi connectivity index (χ3n) is 2.57. The summed E-state index contributed by atoms with van der Waals surface area (Å²) >= 11 is 0. The summed E-state index contributed by atoms with van der Waals surface area (Å²) in [6, 6.07) is 7.49. The number of rotatable bonds is 3. The summed E-state index contributed by atoms with van der Waals surface area (Å²) in [6.07, 6.45) is 6.45. The fraction of sp³-hybridized carbons (Fsp3) is 0.353. The molecule has 0 spiro atoms. The first-order valence-electron chi connectivity index (χ1n) is 7.35. The van der Waals surface area contributed by atoms with Gasteiger partial charge in [-0.05, 0) is 56.2 Å². The van der Waals surface area contributed by atoms with Crippen molar-refractivity contribution in [2.24, 2.45) is 5.73 Å². The maximum Gasteiger partial charge on any atom is 0.407 e. The van der Waals surface area contributed by atoms with Gasteiger partial charge in [0.1, 0.15) is 5.60 Å². The molecule has 0 aliphatic rings. The molecule has 0 fully saturated rings. The second kappa shape index (κ2) is 9.53. The van der Waals surface area contributed by atoms with Crippen molar-refractivity contribution < 1.29 is 9.53 Å². The lowest BCUT2D eigenvalue weighted by Crippen LogP contribution is -2.32. The molecule has 1 amide bonds. The molecule has 2 aromatic heterocycles. The molecular formula is C17H24N4O2. The zero-order valence-corrected chi connectivity index (χ0v) is 13.8. The van der Waals surface area contributed by atoms with E-state index in [0.717, 1.165) is 11.1 Å². The van der Waals surface area contributed by atoms with Crippen LogP contribution >= 0.6 is 0 Å². The Balaban J connectivity index is 0.000000277. The van der Waals surface area contributed by atoms with Crippen molar-refractivity contribution >= 4 is 6.09 Å². The minimum Gasteiger partial charge on any atom is -0.444 e. The van der Waals surface area contributed by atoms with E-state index in [-0.39, 0.29) is 0 Å². The number of aromatic nitrogens is 2. The van der Waals surface area contributed by atoms with Crippen LogP contribution in [-0.2, 0) is 17.8 Å². The largest absolute Gasteiger partial charge is 0.444 e. The molecule has 0 bridgehead atoms. The molecule has 2 heterocycles. The first-order chi connectivity index (χ1) is 10.9. The predicted octanol–water partition coefficient (Wildman–Crippen LogP) is 2.65. The third-order valence-corrected chi connectivity index (χ3v) is 2.57. The number of carbonyl (C=O) groups is 1. The summed E-state index contributed by atoms with van der Waals surface area (Å²) in [5.74, 6) is 0. The average molecular weight is 316 g/mol. The van der Waals surface area contributed by atoms with Crippen molar-refractivity contribution in [1.29, 1.82) is 0 Å². The van der Waals surface area contributed by atoms with Gasteiger partial charge in [0.15, 0.2) is 0 Å². The van der Waals surface area contributed by atoms with Crippen LogP contribution in [-0.4, -0.2) is 21.7 Å². The van der Waals surface area contributed by atoms with Gasteiger partial charge in [-0.15, -0.1) is 0 Å². The lowest BCUT2D eigenvalue weighted by molar-refractivity contribution is 0.0523. The number of pyridine rings is 2. The summed E-state index contributed by atoms with van der Waals surface area (Å²) in [7, 11) is 0. The second-order valence-electron chi connectivity index (χ2n) is 5.77. The third kappa shape index (κ3) is 9.21. The van der Waals surface area contributed by atoms with E-state index in [4.69, 9.17) is 10.5 Å². The number of nitrogens with two attached hydrogens (primary N) is 1. The van der Waals surface area contributed by atoms with Gasteiger partial charge in [-0.1, -0.05) is 0 Å². The molecule has 0 atom stereocenters. The quantitative estimate of drug-likeness (QED) is 0.908. The first-order valence-corrected chi connectivity index (χ1v) is 7.35. The zero-order chi connectivity index (χ0) is 17.1. The highest BCUT2D eigenvalue weighted by Crippen LogP contribution is 2.06. The fourth-order valence-electron chi connectivity index (χ4n) is 1.51. The molecule has 0 aliphatic heterocycles. The summed E-state index contributed by atoms with van der Waals surface area (Å²) < 4.78 is 5.09. The highest BCUT2D eigenvalue weighted by molar-refractivity contribution is 5.67. The van der Waals surface area contributed by atoms with E-state index in [9.17, 15) is 4.79 Å². The zero-order valence-electron chi connectivity index (χ0n) is 13.8. The summed E-state index contributed by atoms with van der Waals surface area (Å²) in [5.41, 5.74) is 6.99. The van der Waals surface area contributed by atoms with Crippen LogP contribution < -0.4 is 11.1 Å². The molecule has 124 valence electrons. The van der Waals surface area contributed by atoms with Gasteiger partial charge in [0, 0.05) is 37.9 Å². The Labute approximate surface area is 137 Å². The second-order valence-corrected chi connectivity index (χ2v) is 5.77. The van der Waals surface area contributed by atoms with Crippen LogP contribution in [0.1, 0.15) is 31.9 Å². The fourth-order valence-corrected chi connectivity index (χ4v) is 1.51. The number of nitrogens with zero attached hydrogens (tertiary/aromatic N) is 2. The summed E-state index contributed by atoms with van der Waals surface area (Å²) in [6.45, 7) is 6.55. The van der Waals surface area contributed by atoms with E-state index in [1.165, 1.54) is 0 Å². The van der Waals surface area contributed by atoms with Gasteiger partial charge in [0.05, 0.1) is 0 Å². The molecule has 23 heavy (non-hydrogen) atoms. The number of nitrogens with one attached hydrogen (secondary N) is 1. The lowest BCUT2D eigenvalue weighted by atomic mass is 10.2.